The number of hydrogen-bond acceptors (Lipinski definition) is 3. The molecular formula is C17H19NO4. The van der Waals surface area contributed by atoms with Crippen molar-refractivity contribution < 1.29 is 19.1 Å². The van der Waals surface area contributed by atoms with Crippen LogP contribution in [-0.2, 0) is 17.6 Å². The third-order valence-electron chi connectivity index (χ3n) is 3.45. The van der Waals surface area contributed by atoms with E-state index in [-0.39, 0.29) is 12.2 Å². The summed E-state index contributed by atoms with van der Waals surface area (Å²) in [6, 6.07) is 9.82. The number of amides is 1. The Morgan fingerprint density at radius 1 is 1.27 bits per heavy atom. The summed E-state index contributed by atoms with van der Waals surface area (Å²) in [5, 5.41) is 11.8. The zero-order chi connectivity index (χ0) is 16.1. The van der Waals surface area contributed by atoms with E-state index in [1.165, 1.54) is 0 Å². The molecule has 0 radical (unpaired) electrons. The van der Waals surface area contributed by atoms with Crippen molar-refractivity contribution >= 4 is 11.9 Å². The maximum absolute atomic E-state index is 12.2. The third kappa shape index (κ3) is 3.75. The van der Waals surface area contributed by atoms with Gasteiger partial charge in [-0.05, 0) is 24.1 Å². The Morgan fingerprint density at radius 3 is 2.50 bits per heavy atom. The zero-order valence-corrected chi connectivity index (χ0v) is 12.6. The number of furan rings is 1. The lowest BCUT2D eigenvalue weighted by molar-refractivity contribution is -0.139. The summed E-state index contributed by atoms with van der Waals surface area (Å²) in [4.78, 5) is 23.5. The predicted octanol–water partition coefficient (Wildman–Crippen LogP) is 2.58. The number of aryl methyl sites for hydroxylation is 2. The average Bonchev–Trinajstić information content (AvgIpc) is 2.88. The van der Waals surface area contributed by atoms with Gasteiger partial charge in [-0.3, -0.25) is 4.79 Å². The van der Waals surface area contributed by atoms with Gasteiger partial charge in [0.1, 0.15) is 11.8 Å². The van der Waals surface area contributed by atoms with E-state index in [1.54, 1.807) is 6.07 Å². The smallest absolute Gasteiger partial charge is 0.326 e. The predicted molar refractivity (Wildman–Crippen MR) is 81.9 cm³/mol. The first-order valence-electron chi connectivity index (χ1n) is 7.18. The van der Waals surface area contributed by atoms with Crippen molar-refractivity contribution in [2.75, 3.05) is 0 Å². The largest absolute Gasteiger partial charge is 0.480 e. The van der Waals surface area contributed by atoms with Gasteiger partial charge in [0.05, 0.1) is 0 Å². The zero-order valence-electron chi connectivity index (χ0n) is 12.6. The molecular weight excluding hydrogens is 282 g/mol. The van der Waals surface area contributed by atoms with Gasteiger partial charge in [-0.25, -0.2) is 4.79 Å². The van der Waals surface area contributed by atoms with Crippen LogP contribution in [-0.4, -0.2) is 23.0 Å². The van der Waals surface area contributed by atoms with Crippen LogP contribution in [0.15, 0.2) is 40.8 Å². The second-order valence-electron chi connectivity index (χ2n) is 5.12. The molecule has 5 heteroatoms. The van der Waals surface area contributed by atoms with E-state index < -0.39 is 17.9 Å². The SMILES string of the molecule is CCc1oc(C(=O)N[C@@H](Cc2ccccc2)C(=O)O)cc1C. The molecule has 1 aromatic heterocycles. The lowest BCUT2D eigenvalue weighted by atomic mass is 10.1. The molecule has 0 saturated carbocycles. The van der Waals surface area contributed by atoms with Gasteiger partial charge in [-0.2, -0.15) is 0 Å². The number of rotatable bonds is 6. The normalized spacial score (nSPS) is 11.9. The molecule has 0 bridgehead atoms. The Hall–Kier alpha value is -2.56. The van der Waals surface area contributed by atoms with Crippen molar-refractivity contribution in [2.24, 2.45) is 0 Å². The van der Waals surface area contributed by atoms with Gasteiger partial charge in [0.15, 0.2) is 5.76 Å². The highest BCUT2D eigenvalue weighted by atomic mass is 16.4. The van der Waals surface area contributed by atoms with Gasteiger partial charge in [0.25, 0.3) is 5.91 Å². The van der Waals surface area contributed by atoms with Crippen LogP contribution in [0.2, 0.25) is 0 Å². The molecule has 1 heterocycles. The van der Waals surface area contributed by atoms with Crippen molar-refractivity contribution in [3.05, 3.63) is 59.0 Å². The standard InChI is InChI=1S/C17H19NO4/c1-3-14-11(2)9-15(22-14)16(19)18-13(17(20)21)10-12-7-5-4-6-8-12/h4-9,13H,3,10H2,1-2H3,(H,18,19)(H,20,21)/t13-/m0/s1. The van der Waals surface area contributed by atoms with Crippen molar-refractivity contribution in [3.8, 4) is 0 Å². The number of benzene rings is 1. The van der Waals surface area contributed by atoms with Crippen molar-refractivity contribution in [1.82, 2.24) is 5.32 Å². The van der Waals surface area contributed by atoms with Crippen LogP contribution in [0.3, 0.4) is 0 Å². The van der Waals surface area contributed by atoms with E-state index in [1.807, 2.05) is 44.2 Å². The number of nitrogens with one attached hydrogen (secondary N) is 1. The molecule has 2 N–H and O–H groups in total. The molecule has 5 nitrogen and oxygen atoms in total. The van der Waals surface area contributed by atoms with E-state index in [0.717, 1.165) is 16.9 Å². The summed E-state index contributed by atoms with van der Waals surface area (Å²) in [6.07, 6.45) is 0.910. The summed E-state index contributed by atoms with van der Waals surface area (Å²) < 4.78 is 5.45. The summed E-state index contributed by atoms with van der Waals surface area (Å²) in [5.74, 6) is -0.698. The van der Waals surface area contributed by atoms with Crippen LogP contribution in [0.5, 0.6) is 0 Å². The number of carbonyl (C=O) groups is 2. The van der Waals surface area contributed by atoms with E-state index in [2.05, 4.69) is 5.32 Å². The summed E-state index contributed by atoms with van der Waals surface area (Å²) >= 11 is 0. The molecule has 0 fully saturated rings. The molecule has 0 spiro atoms. The van der Waals surface area contributed by atoms with Gasteiger partial charge in [-0.1, -0.05) is 37.3 Å². The van der Waals surface area contributed by atoms with Crippen LogP contribution < -0.4 is 5.32 Å². The van der Waals surface area contributed by atoms with Crippen LogP contribution in [0.25, 0.3) is 0 Å². The number of hydrogen-bond donors (Lipinski definition) is 2. The fourth-order valence-corrected chi connectivity index (χ4v) is 2.26. The highest BCUT2D eigenvalue weighted by Gasteiger charge is 2.23. The second kappa shape index (κ2) is 6.93. The molecule has 0 aliphatic rings. The van der Waals surface area contributed by atoms with Crippen LogP contribution in [0.1, 0.15) is 34.4 Å². The Bertz CT molecular complexity index is 661. The van der Waals surface area contributed by atoms with E-state index >= 15 is 0 Å². The number of carboxylic acids is 1. The van der Waals surface area contributed by atoms with Gasteiger partial charge >= 0.3 is 5.97 Å². The topological polar surface area (TPSA) is 79.5 Å². The Balaban J connectivity index is 2.10. The van der Waals surface area contributed by atoms with E-state index in [9.17, 15) is 14.7 Å². The fourth-order valence-electron chi connectivity index (χ4n) is 2.26. The first-order chi connectivity index (χ1) is 10.5. The summed E-state index contributed by atoms with van der Waals surface area (Å²) in [7, 11) is 0. The molecule has 1 atom stereocenters. The molecule has 116 valence electrons. The van der Waals surface area contributed by atoms with Gasteiger partial charge in [0, 0.05) is 12.8 Å². The molecule has 1 aromatic carbocycles. The quantitative estimate of drug-likeness (QED) is 0.859. The van der Waals surface area contributed by atoms with E-state index in [4.69, 9.17) is 4.42 Å². The summed E-state index contributed by atoms with van der Waals surface area (Å²) in [6.45, 7) is 3.79. The minimum atomic E-state index is -1.07. The third-order valence-corrected chi connectivity index (χ3v) is 3.45. The molecule has 0 unspecified atom stereocenters. The lowest BCUT2D eigenvalue weighted by Gasteiger charge is -2.13. The molecule has 22 heavy (non-hydrogen) atoms. The number of carbonyl (C=O) groups excluding carboxylic acids is 1. The van der Waals surface area contributed by atoms with Gasteiger partial charge in [0.2, 0.25) is 0 Å². The summed E-state index contributed by atoms with van der Waals surface area (Å²) in [5.41, 5.74) is 1.74. The first-order valence-corrected chi connectivity index (χ1v) is 7.18. The molecule has 0 saturated heterocycles. The Morgan fingerprint density at radius 2 is 1.95 bits per heavy atom. The number of carboxylic acid groups (broad SMARTS) is 1. The van der Waals surface area contributed by atoms with Crippen molar-refractivity contribution in [1.29, 1.82) is 0 Å². The van der Waals surface area contributed by atoms with Crippen LogP contribution in [0, 0.1) is 6.92 Å². The lowest BCUT2D eigenvalue weighted by Crippen LogP contribution is -2.42. The van der Waals surface area contributed by atoms with Crippen LogP contribution >= 0.6 is 0 Å². The highest BCUT2D eigenvalue weighted by Crippen LogP contribution is 2.15. The highest BCUT2D eigenvalue weighted by molar-refractivity contribution is 5.94. The van der Waals surface area contributed by atoms with Crippen molar-refractivity contribution in [3.63, 3.8) is 0 Å². The molecule has 0 aliphatic carbocycles. The average molecular weight is 301 g/mol. The molecule has 0 aliphatic heterocycles. The minimum Gasteiger partial charge on any atom is -0.480 e. The second-order valence-corrected chi connectivity index (χ2v) is 5.12. The van der Waals surface area contributed by atoms with Crippen molar-refractivity contribution in [2.45, 2.75) is 32.7 Å². The monoisotopic (exact) mass is 301 g/mol. The van der Waals surface area contributed by atoms with E-state index in [0.29, 0.717) is 6.42 Å². The molecule has 1 amide bonds. The minimum absolute atomic E-state index is 0.147. The molecule has 2 rings (SSSR count). The first kappa shape index (κ1) is 15.8. The van der Waals surface area contributed by atoms with Crippen LogP contribution in [0.4, 0.5) is 0 Å². The fraction of sp³-hybridized carbons (Fsp3) is 0.294. The van der Waals surface area contributed by atoms with Gasteiger partial charge < -0.3 is 14.8 Å². The molecule has 2 aromatic rings. The number of aliphatic carboxylic acids is 1. The van der Waals surface area contributed by atoms with Gasteiger partial charge in [-0.15, -0.1) is 0 Å². The Kier molecular flexibility index (Phi) is 4.99. The maximum Gasteiger partial charge on any atom is 0.326 e. The maximum atomic E-state index is 12.2. The Labute approximate surface area is 129 Å².